The molecule has 2 rings (SSSR count). The lowest BCUT2D eigenvalue weighted by atomic mass is 10.1. The minimum absolute atomic E-state index is 0.110. The normalized spacial score (nSPS) is 11.6. The first-order chi connectivity index (χ1) is 11.1. The number of rotatable bonds is 6. The number of aromatic nitrogens is 2. The fraction of sp³-hybridized carbons (Fsp3) is 0.294. The molecule has 0 saturated heterocycles. The molecule has 0 aliphatic heterocycles. The van der Waals surface area contributed by atoms with Gasteiger partial charge in [-0.05, 0) is 31.0 Å². The van der Waals surface area contributed by atoms with Crippen LogP contribution in [0.25, 0.3) is 0 Å². The van der Waals surface area contributed by atoms with E-state index in [1.165, 1.54) is 18.6 Å². The van der Waals surface area contributed by atoms with Crippen LogP contribution in [-0.2, 0) is 6.54 Å². The summed E-state index contributed by atoms with van der Waals surface area (Å²) in [6.45, 7) is 4.30. The van der Waals surface area contributed by atoms with E-state index < -0.39 is 0 Å². The molecule has 0 spiro atoms. The average molecular weight is 312 g/mol. The fourth-order valence-corrected chi connectivity index (χ4v) is 1.92. The topological polar surface area (TPSA) is 84.0 Å². The standard InChI is InChI=1S/C17H20N4O2/c1-3-12(2)21-16(22)14-6-4-5-13(9-14)10-20-17(23)15-11-18-7-8-19-15/h4-9,11-12H,3,10H2,1-2H3,(H,20,23)(H,21,22)/t12-/m0/s1. The Hall–Kier alpha value is -2.76. The van der Waals surface area contributed by atoms with Crippen molar-refractivity contribution in [1.82, 2.24) is 20.6 Å². The van der Waals surface area contributed by atoms with Gasteiger partial charge in [0.15, 0.2) is 0 Å². The zero-order chi connectivity index (χ0) is 16.7. The van der Waals surface area contributed by atoms with Gasteiger partial charge in [-0.2, -0.15) is 0 Å². The van der Waals surface area contributed by atoms with E-state index in [0.29, 0.717) is 12.1 Å². The number of nitrogens with zero attached hydrogens (tertiary/aromatic N) is 2. The van der Waals surface area contributed by atoms with Crippen molar-refractivity contribution in [2.75, 3.05) is 0 Å². The number of nitrogens with one attached hydrogen (secondary N) is 2. The number of carbonyl (C=O) groups is 2. The van der Waals surface area contributed by atoms with E-state index in [1.54, 1.807) is 18.2 Å². The number of hydrogen-bond acceptors (Lipinski definition) is 4. The van der Waals surface area contributed by atoms with Gasteiger partial charge >= 0.3 is 0 Å². The van der Waals surface area contributed by atoms with Gasteiger partial charge in [0.05, 0.1) is 6.20 Å². The third-order valence-electron chi connectivity index (χ3n) is 3.43. The van der Waals surface area contributed by atoms with Crippen molar-refractivity contribution in [3.05, 3.63) is 59.7 Å². The van der Waals surface area contributed by atoms with Gasteiger partial charge in [0.25, 0.3) is 11.8 Å². The monoisotopic (exact) mass is 312 g/mol. The second-order valence-electron chi connectivity index (χ2n) is 5.26. The van der Waals surface area contributed by atoms with Crippen molar-refractivity contribution in [3.63, 3.8) is 0 Å². The highest BCUT2D eigenvalue weighted by Crippen LogP contribution is 2.06. The first-order valence-electron chi connectivity index (χ1n) is 7.54. The maximum absolute atomic E-state index is 12.1. The molecule has 120 valence electrons. The molecule has 0 radical (unpaired) electrons. The van der Waals surface area contributed by atoms with E-state index in [-0.39, 0.29) is 23.6 Å². The number of carbonyl (C=O) groups excluding carboxylic acids is 2. The molecule has 1 aromatic heterocycles. The lowest BCUT2D eigenvalue weighted by Crippen LogP contribution is -2.32. The molecule has 0 aliphatic rings. The zero-order valence-corrected chi connectivity index (χ0v) is 13.2. The molecule has 2 N–H and O–H groups in total. The van der Waals surface area contributed by atoms with E-state index in [2.05, 4.69) is 20.6 Å². The van der Waals surface area contributed by atoms with Crippen molar-refractivity contribution in [3.8, 4) is 0 Å². The molecule has 0 aliphatic carbocycles. The molecule has 1 atom stereocenters. The molecular weight excluding hydrogens is 292 g/mol. The predicted molar refractivity (Wildman–Crippen MR) is 86.9 cm³/mol. The summed E-state index contributed by atoms with van der Waals surface area (Å²) in [5.41, 5.74) is 1.69. The molecular formula is C17H20N4O2. The Morgan fingerprint density at radius 1 is 1.22 bits per heavy atom. The van der Waals surface area contributed by atoms with E-state index in [1.807, 2.05) is 19.9 Å². The van der Waals surface area contributed by atoms with Crippen LogP contribution in [0.2, 0.25) is 0 Å². The molecule has 2 amide bonds. The summed E-state index contributed by atoms with van der Waals surface area (Å²) in [6, 6.07) is 7.31. The molecule has 23 heavy (non-hydrogen) atoms. The molecule has 0 bridgehead atoms. The van der Waals surface area contributed by atoms with Crippen LogP contribution < -0.4 is 10.6 Å². The van der Waals surface area contributed by atoms with E-state index in [0.717, 1.165) is 12.0 Å². The Bertz CT molecular complexity index is 673. The molecule has 6 heteroatoms. The van der Waals surface area contributed by atoms with Gasteiger partial charge in [0, 0.05) is 30.5 Å². The van der Waals surface area contributed by atoms with Gasteiger partial charge in [-0.25, -0.2) is 4.98 Å². The van der Waals surface area contributed by atoms with Crippen LogP contribution >= 0.6 is 0 Å². The van der Waals surface area contributed by atoms with Crippen LogP contribution in [-0.4, -0.2) is 27.8 Å². The van der Waals surface area contributed by atoms with Gasteiger partial charge < -0.3 is 10.6 Å². The molecule has 0 saturated carbocycles. The maximum Gasteiger partial charge on any atom is 0.271 e. The van der Waals surface area contributed by atoms with E-state index in [9.17, 15) is 9.59 Å². The Labute approximate surface area is 135 Å². The van der Waals surface area contributed by atoms with Crippen LogP contribution in [0.1, 0.15) is 46.7 Å². The fourth-order valence-electron chi connectivity index (χ4n) is 1.92. The Morgan fingerprint density at radius 2 is 2.04 bits per heavy atom. The van der Waals surface area contributed by atoms with Crippen molar-refractivity contribution >= 4 is 11.8 Å². The van der Waals surface area contributed by atoms with Crippen molar-refractivity contribution in [1.29, 1.82) is 0 Å². The van der Waals surface area contributed by atoms with Gasteiger partial charge in [0.2, 0.25) is 0 Å². The second-order valence-corrected chi connectivity index (χ2v) is 5.26. The van der Waals surface area contributed by atoms with Gasteiger partial charge in [0.1, 0.15) is 5.69 Å². The lowest BCUT2D eigenvalue weighted by Gasteiger charge is -2.12. The van der Waals surface area contributed by atoms with Crippen molar-refractivity contribution in [2.24, 2.45) is 0 Å². The predicted octanol–water partition coefficient (Wildman–Crippen LogP) is 1.93. The zero-order valence-electron chi connectivity index (χ0n) is 13.2. The number of amides is 2. The molecule has 2 aromatic rings. The Morgan fingerprint density at radius 3 is 2.74 bits per heavy atom. The minimum atomic E-state index is -0.299. The Balaban J connectivity index is 1.97. The summed E-state index contributed by atoms with van der Waals surface area (Å²) in [4.78, 5) is 31.8. The molecule has 0 fully saturated rings. The highest BCUT2D eigenvalue weighted by Gasteiger charge is 2.10. The highest BCUT2D eigenvalue weighted by molar-refractivity contribution is 5.94. The maximum atomic E-state index is 12.1. The molecule has 1 aromatic carbocycles. The van der Waals surface area contributed by atoms with E-state index >= 15 is 0 Å². The highest BCUT2D eigenvalue weighted by atomic mass is 16.2. The van der Waals surface area contributed by atoms with Crippen LogP contribution in [0.3, 0.4) is 0 Å². The average Bonchev–Trinajstić information content (AvgIpc) is 2.60. The number of benzene rings is 1. The summed E-state index contributed by atoms with van der Waals surface area (Å²) >= 11 is 0. The summed E-state index contributed by atoms with van der Waals surface area (Å²) in [5, 5.41) is 5.68. The molecule has 1 heterocycles. The van der Waals surface area contributed by atoms with Crippen LogP contribution in [0.5, 0.6) is 0 Å². The minimum Gasteiger partial charge on any atom is -0.350 e. The first kappa shape index (κ1) is 16.6. The van der Waals surface area contributed by atoms with Gasteiger partial charge in [-0.3, -0.25) is 14.6 Å². The lowest BCUT2D eigenvalue weighted by molar-refractivity contribution is 0.0935. The third kappa shape index (κ3) is 4.88. The molecule has 6 nitrogen and oxygen atoms in total. The van der Waals surface area contributed by atoms with Gasteiger partial charge in [-0.1, -0.05) is 19.1 Å². The summed E-state index contributed by atoms with van der Waals surface area (Å²) in [6.07, 6.45) is 5.26. The SMILES string of the molecule is CC[C@H](C)NC(=O)c1cccc(CNC(=O)c2cnccn2)c1. The van der Waals surface area contributed by atoms with Gasteiger partial charge in [-0.15, -0.1) is 0 Å². The molecule has 0 unspecified atom stereocenters. The number of hydrogen-bond donors (Lipinski definition) is 2. The van der Waals surface area contributed by atoms with Crippen molar-refractivity contribution in [2.45, 2.75) is 32.9 Å². The Kier molecular flexibility index (Phi) is 5.80. The first-order valence-corrected chi connectivity index (χ1v) is 7.54. The van der Waals surface area contributed by atoms with Crippen LogP contribution in [0.15, 0.2) is 42.9 Å². The van der Waals surface area contributed by atoms with Crippen LogP contribution in [0, 0.1) is 0 Å². The summed E-state index contributed by atoms with van der Waals surface area (Å²) < 4.78 is 0. The summed E-state index contributed by atoms with van der Waals surface area (Å²) in [5.74, 6) is -0.408. The van der Waals surface area contributed by atoms with Crippen LogP contribution in [0.4, 0.5) is 0 Å². The van der Waals surface area contributed by atoms with E-state index in [4.69, 9.17) is 0 Å². The summed E-state index contributed by atoms with van der Waals surface area (Å²) in [7, 11) is 0. The quantitative estimate of drug-likeness (QED) is 0.853. The second kappa shape index (κ2) is 8.03. The largest absolute Gasteiger partial charge is 0.350 e. The van der Waals surface area contributed by atoms with Crippen molar-refractivity contribution < 1.29 is 9.59 Å². The third-order valence-corrected chi connectivity index (χ3v) is 3.43. The smallest absolute Gasteiger partial charge is 0.271 e.